The van der Waals surface area contributed by atoms with Gasteiger partial charge in [-0.05, 0) is 57.0 Å². The van der Waals surface area contributed by atoms with E-state index in [1.165, 1.54) is 7.11 Å². The zero-order valence-electron chi connectivity index (χ0n) is 33.5. The molecule has 0 aromatic heterocycles. The maximum atomic E-state index is 14.2. The van der Waals surface area contributed by atoms with E-state index in [-0.39, 0.29) is 66.2 Å². The highest BCUT2D eigenvalue weighted by Gasteiger charge is 2.43. The maximum absolute atomic E-state index is 14.2. The second-order valence-corrected chi connectivity index (χ2v) is 15.8. The average molecular weight is 711 g/mol. The number of hydrogen-bond donors (Lipinski definition) is 2. The highest BCUT2D eigenvalue weighted by atomic mass is 16.5. The van der Waals surface area contributed by atoms with Gasteiger partial charge in [0, 0.05) is 40.2 Å². The number of likely N-dealkylation sites (N-methyl/N-ethyl adjacent to an activating group) is 2. The molecule has 1 rings (SSSR count). The van der Waals surface area contributed by atoms with Crippen LogP contribution in [0.5, 0.6) is 0 Å². The molecule has 0 spiro atoms. The highest BCUT2D eigenvalue weighted by Crippen LogP contribution is 2.31. The Morgan fingerprint density at radius 1 is 0.900 bits per heavy atom. The van der Waals surface area contributed by atoms with E-state index in [4.69, 9.17) is 9.47 Å². The van der Waals surface area contributed by atoms with Gasteiger partial charge in [0.2, 0.25) is 17.7 Å². The Morgan fingerprint density at radius 2 is 1.50 bits per heavy atom. The number of Topliss-reactive ketones (excluding diaryl/α,β-unsaturated/α-hetero) is 1. The summed E-state index contributed by atoms with van der Waals surface area (Å²) in [4.78, 5) is 72.3. The Labute approximate surface area is 302 Å². The molecule has 1 saturated heterocycles. The molecular weight excluding hydrogens is 640 g/mol. The van der Waals surface area contributed by atoms with Gasteiger partial charge < -0.3 is 29.7 Å². The Balaban J connectivity index is 3.28. The predicted octanol–water partition coefficient (Wildman–Crippen LogP) is 4.34. The van der Waals surface area contributed by atoms with Crippen LogP contribution in [0.4, 0.5) is 0 Å². The molecule has 0 bridgehead atoms. The third-order valence-electron chi connectivity index (χ3n) is 10.6. The molecule has 0 aromatic rings. The summed E-state index contributed by atoms with van der Waals surface area (Å²) in [6.45, 7) is 18.0. The minimum absolute atomic E-state index is 0.00626. The fraction of sp³-hybridized carbons (Fsp3) is 0.868. The number of methoxy groups -OCH3 is 2. The molecule has 1 heterocycles. The van der Waals surface area contributed by atoms with Crippen LogP contribution in [-0.4, -0.2) is 128 Å². The fourth-order valence-corrected chi connectivity index (χ4v) is 7.77. The molecule has 12 nitrogen and oxygen atoms in total. The van der Waals surface area contributed by atoms with Gasteiger partial charge in [0.05, 0.1) is 42.7 Å². The van der Waals surface area contributed by atoms with Crippen LogP contribution in [0.25, 0.3) is 0 Å². The number of nitrogens with zero attached hydrogens (tertiary/aromatic N) is 3. The van der Waals surface area contributed by atoms with Crippen molar-refractivity contribution in [3.05, 3.63) is 0 Å². The number of aliphatic carboxylic acids is 1. The highest BCUT2D eigenvalue weighted by molar-refractivity contribution is 5.90. The Kier molecular flexibility index (Phi) is 19.2. The molecule has 0 unspecified atom stereocenters. The van der Waals surface area contributed by atoms with Crippen molar-refractivity contribution in [2.24, 2.45) is 35.5 Å². The fourth-order valence-electron chi connectivity index (χ4n) is 7.77. The Bertz CT molecular complexity index is 1100. The lowest BCUT2D eigenvalue weighted by Crippen LogP contribution is -2.55. The summed E-state index contributed by atoms with van der Waals surface area (Å²) in [6, 6.07) is -2.12. The molecule has 0 aliphatic carbocycles. The summed E-state index contributed by atoms with van der Waals surface area (Å²) in [7, 11) is 8.59. The number of carboxylic acid groups (broad SMARTS) is 1. The van der Waals surface area contributed by atoms with Crippen molar-refractivity contribution >= 4 is 29.5 Å². The predicted molar refractivity (Wildman–Crippen MR) is 195 cm³/mol. The normalized spacial score (nSPS) is 20.0. The summed E-state index contributed by atoms with van der Waals surface area (Å²) in [5.41, 5.74) is 0. The summed E-state index contributed by atoms with van der Waals surface area (Å²) in [5, 5.41) is 12.3. The number of carbonyl (C=O) groups is 5. The minimum atomic E-state index is -1.09. The molecule has 2 N–H and O–H groups in total. The van der Waals surface area contributed by atoms with E-state index in [9.17, 15) is 29.1 Å². The van der Waals surface area contributed by atoms with Crippen molar-refractivity contribution in [3.8, 4) is 0 Å². The van der Waals surface area contributed by atoms with Gasteiger partial charge in [0.25, 0.3) is 0 Å². The summed E-state index contributed by atoms with van der Waals surface area (Å²) in [6.07, 6.45) is 1.31. The summed E-state index contributed by atoms with van der Waals surface area (Å²) < 4.78 is 11.8. The number of rotatable bonds is 22. The van der Waals surface area contributed by atoms with Crippen LogP contribution >= 0.6 is 0 Å². The lowest BCUT2D eigenvalue weighted by atomic mass is 9.83. The molecule has 1 aliphatic rings. The van der Waals surface area contributed by atoms with Gasteiger partial charge in [-0.25, -0.2) is 4.79 Å². The van der Waals surface area contributed by atoms with Gasteiger partial charge >= 0.3 is 5.97 Å². The van der Waals surface area contributed by atoms with Crippen molar-refractivity contribution in [1.29, 1.82) is 0 Å². The molecule has 0 aromatic carbocycles. The lowest BCUT2D eigenvalue weighted by Gasteiger charge is -2.41. The molecule has 1 aliphatic heterocycles. The SMILES string of the molecule is CC[C@H](C)[C@@H]([C@@H](CC(=O)N1CCC[C@H]1[C@H](OC)[C@@H](C)C(=O)N[C@@H](CC(C)C)C(=O)O)OC)N(C)C(=O)[C@@H](CC(=O)[C@H](C(C)C)N(C)C)C(C)C. The zero-order valence-corrected chi connectivity index (χ0v) is 33.5. The summed E-state index contributed by atoms with van der Waals surface area (Å²) >= 11 is 0. The van der Waals surface area contributed by atoms with Crippen molar-refractivity contribution < 1.29 is 38.6 Å². The first kappa shape index (κ1) is 45.5. The standard InChI is InChI=1S/C38H70N4O8/c1-15-25(8)34(41(12)37(46)27(23(4)5)20-30(43)33(24(6)7)40(10)11)31(49-13)21-32(44)42-18-16-17-29(42)35(50-14)26(9)36(45)39-28(38(47)48)19-22(2)3/h22-29,31,33-35H,15-21H2,1-14H3,(H,39,45)(H,47,48)/t25-,26+,27-,28-,29-,31+,33-,34-,35+/m0/s1. The molecule has 12 heteroatoms. The number of nitrogens with one attached hydrogen (secondary N) is 1. The number of ketones is 1. The minimum Gasteiger partial charge on any atom is -0.480 e. The van der Waals surface area contributed by atoms with Gasteiger partial charge in [0.15, 0.2) is 5.78 Å². The first-order valence-electron chi connectivity index (χ1n) is 18.6. The third kappa shape index (κ3) is 12.3. The second-order valence-electron chi connectivity index (χ2n) is 15.8. The Hall–Kier alpha value is -2.57. The van der Waals surface area contributed by atoms with Crippen LogP contribution < -0.4 is 5.32 Å². The monoisotopic (exact) mass is 711 g/mol. The van der Waals surface area contributed by atoms with Gasteiger partial charge in [0.1, 0.15) is 6.04 Å². The average Bonchev–Trinajstić information content (AvgIpc) is 3.51. The number of amides is 3. The van der Waals surface area contributed by atoms with Gasteiger partial charge in [-0.15, -0.1) is 0 Å². The van der Waals surface area contributed by atoms with E-state index in [2.05, 4.69) is 5.32 Å². The molecule has 0 saturated carbocycles. The van der Waals surface area contributed by atoms with Crippen molar-refractivity contribution in [1.82, 2.24) is 20.0 Å². The van der Waals surface area contributed by atoms with Gasteiger partial charge in [-0.1, -0.05) is 68.7 Å². The van der Waals surface area contributed by atoms with Crippen LogP contribution in [0.2, 0.25) is 0 Å². The zero-order chi connectivity index (χ0) is 38.6. The maximum Gasteiger partial charge on any atom is 0.326 e. The first-order chi connectivity index (χ1) is 23.2. The van der Waals surface area contributed by atoms with Crippen LogP contribution in [0.1, 0.15) is 101 Å². The van der Waals surface area contributed by atoms with Gasteiger partial charge in [-0.3, -0.25) is 24.1 Å². The number of ether oxygens (including phenoxy) is 2. The smallest absolute Gasteiger partial charge is 0.326 e. The van der Waals surface area contributed by atoms with Crippen LogP contribution in [0.15, 0.2) is 0 Å². The van der Waals surface area contributed by atoms with Crippen LogP contribution in [0.3, 0.4) is 0 Å². The topological polar surface area (TPSA) is 146 Å². The molecule has 0 radical (unpaired) electrons. The third-order valence-corrected chi connectivity index (χ3v) is 10.6. The van der Waals surface area contributed by atoms with Crippen molar-refractivity contribution in [2.45, 2.75) is 137 Å². The lowest BCUT2D eigenvalue weighted by molar-refractivity contribution is -0.149. The number of hydrogen-bond acceptors (Lipinski definition) is 8. The van der Waals surface area contributed by atoms with E-state index in [0.717, 1.165) is 12.8 Å². The van der Waals surface area contributed by atoms with Crippen LogP contribution in [-0.2, 0) is 33.4 Å². The largest absolute Gasteiger partial charge is 0.480 e. The van der Waals surface area contributed by atoms with E-state index in [1.807, 2.05) is 74.4 Å². The van der Waals surface area contributed by atoms with Crippen molar-refractivity contribution in [2.75, 3.05) is 41.9 Å². The molecular formula is C38H70N4O8. The first-order valence-corrected chi connectivity index (χ1v) is 18.6. The molecule has 9 atom stereocenters. The molecule has 50 heavy (non-hydrogen) atoms. The Morgan fingerprint density at radius 3 is 1.94 bits per heavy atom. The van der Waals surface area contributed by atoms with Gasteiger partial charge in [-0.2, -0.15) is 0 Å². The van der Waals surface area contributed by atoms with E-state index in [1.54, 1.807) is 30.9 Å². The molecule has 290 valence electrons. The van der Waals surface area contributed by atoms with Crippen molar-refractivity contribution in [3.63, 3.8) is 0 Å². The summed E-state index contributed by atoms with van der Waals surface area (Å²) in [5.74, 6) is -2.90. The molecule has 3 amide bonds. The number of carboxylic acids is 1. The number of likely N-dealkylation sites (tertiary alicyclic amines) is 1. The van der Waals surface area contributed by atoms with Crippen LogP contribution in [0, 0.1) is 35.5 Å². The van der Waals surface area contributed by atoms with E-state index in [0.29, 0.717) is 19.4 Å². The second kappa shape index (κ2) is 21.1. The van der Waals surface area contributed by atoms with E-state index >= 15 is 0 Å². The molecule has 1 fully saturated rings. The van der Waals surface area contributed by atoms with E-state index < -0.39 is 48.0 Å². The quantitative estimate of drug-likeness (QED) is 0.168. The number of carbonyl (C=O) groups excluding carboxylic acids is 4.